The van der Waals surface area contributed by atoms with Crippen LogP contribution in [0.1, 0.15) is 44.7 Å². The smallest absolute Gasteiger partial charge is 0.307 e. The number of carbonyl (C=O) groups excluding carboxylic acids is 1. The monoisotopic (exact) mass is 265 g/mol. The number of carbonyl (C=O) groups is 1. The Morgan fingerprint density at radius 2 is 1.95 bits per heavy atom. The van der Waals surface area contributed by atoms with Gasteiger partial charge in [0.05, 0.1) is 19.6 Å². The molecule has 4 heteroatoms. The average Bonchev–Trinajstić information content (AvgIpc) is 2.40. The van der Waals surface area contributed by atoms with Gasteiger partial charge >= 0.3 is 5.97 Å². The van der Waals surface area contributed by atoms with Gasteiger partial charge in [-0.25, -0.2) is 0 Å². The van der Waals surface area contributed by atoms with Gasteiger partial charge in [0.1, 0.15) is 5.75 Å². The van der Waals surface area contributed by atoms with Crippen LogP contribution >= 0.6 is 0 Å². The molecule has 0 aliphatic rings. The van der Waals surface area contributed by atoms with Crippen LogP contribution in [0.4, 0.5) is 0 Å². The van der Waals surface area contributed by atoms with Crippen LogP contribution in [0, 0.1) is 0 Å². The number of nitrogens with two attached hydrogens (primary N) is 1. The highest BCUT2D eigenvalue weighted by Crippen LogP contribution is 2.19. The second-order valence-corrected chi connectivity index (χ2v) is 4.39. The minimum atomic E-state index is -0.330. The Balaban J connectivity index is 2.48. The highest BCUT2D eigenvalue weighted by atomic mass is 16.5. The molecule has 0 fully saturated rings. The number of unbranched alkanes of at least 4 members (excludes halogenated alkanes) is 1. The van der Waals surface area contributed by atoms with Crippen molar-refractivity contribution >= 4 is 5.97 Å². The van der Waals surface area contributed by atoms with Crippen LogP contribution in [0.15, 0.2) is 24.3 Å². The van der Waals surface area contributed by atoms with E-state index >= 15 is 0 Å². The van der Waals surface area contributed by atoms with E-state index in [1.807, 2.05) is 24.3 Å². The first kappa shape index (κ1) is 15.5. The third kappa shape index (κ3) is 5.75. The van der Waals surface area contributed by atoms with Gasteiger partial charge in [-0.2, -0.15) is 0 Å². The van der Waals surface area contributed by atoms with E-state index in [-0.39, 0.29) is 18.4 Å². The molecule has 4 nitrogen and oxygen atoms in total. The molecule has 0 saturated heterocycles. The molecule has 2 N–H and O–H groups in total. The molecule has 19 heavy (non-hydrogen) atoms. The van der Waals surface area contributed by atoms with Crippen molar-refractivity contribution in [2.75, 3.05) is 13.2 Å². The van der Waals surface area contributed by atoms with E-state index in [9.17, 15) is 4.79 Å². The lowest BCUT2D eigenvalue weighted by atomic mass is 10.0. The lowest BCUT2D eigenvalue weighted by Gasteiger charge is -2.12. The minimum Gasteiger partial charge on any atom is -0.494 e. The van der Waals surface area contributed by atoms with Crippen LogP contribution in [0.5, 0.6) is 5.75 Å². The van der Waals surface area contributed by atoms with Crippen molar-refractivity contribution in [1.82, 2.24) is 0 Å². The van der Waals surface area contributed by atoms with Crippen LogP contribution < -0.4 is 10.5 Å². The summed E-state index contributed by atoms with van der Waals surface area (Å²) in [6.07, 6.45) is 2.36. The summed E-state index contributed by atoms with van der Waals surface area (Å²) in [6.45, 7) is 5.02. The van der Waals surface area contributed by atoms with Gasteiger partial charge < -0.3 is 15.2 Å². The third-order valence-corrected chi connectivity index (χ3v) is 2.77. The molecule has 0 saturated carbocycles. The molecule has 0 unspecified atom stereocenters. The molecule has 0 amide bonds. The Labute approximate surface area is 114 Å². The van der Waals surface area contributed by atoms with Gasteiger partial charge in [-0.15, -0.1) is 0 Å². The average molecular weight is 265 g/mol. The lowest BCUT2D eigenvalue weighted by Crippen LogP contribution is -2.17. The maximum atomic E-state index is 11.3. The largest absolute Gasteiger partial charge is 0.494 e. The molecule has 0 aromatic heterocycles. The van der Waals surface area contributed by atoms with Gasteiger partial charge in [0.25, 0.3) is 0 Å². The Hall–Kier alpha value is -1.55. The number of benzene rings is 1. The fourth-order valence-electron chi connectivity index (χ4n) is 1.66. The molecule has 1 rings (SSSR count). The van der Waals surface area contributed by atoms with Crippen LogP contribution in [-0.2, 0) is 9.53 Å². The quantitative estimate of drug-likeness (QED) is 0.580. The molecule has 1 aromatic rings. The van der Waals surface area contributed by atoms with Gasteiger partial charge in [0, 0.05) is 6.04 Å². The summed E-state index contributed by atoms with van der Waals surface area (Å²) >= 11 is 0. The molecule has 0 radical (unpaired) electrons. The fraction of sp³-hybridized carbons (Fsp3) is 0.533. The fourth-order valence-corrected chi connectivity index (χ4v) is 1.66. The van der Waals surface area contributed by atoms with Crippen molar-refractivity contribution in [2.45, 2.75) is 39.2 Å². The predicted molar refractivity (Wildman–Crippen MR) is 75.0 cm³/mol. The standard InChI is InChI=1S/C15H23NO3/c1-3-5-10-19-13-8-6-12(7-9-13)14(16)11-15(17)18-4-2/h6-9,14H,3-5,10-11,16H2,1-2H3/t14-/m0/s1. The van der Waals surface area contributed by atoms with Crippen LogP contribution in [0.3, 0.4) is 0 Å². The molecule has 0 aliphatic carbocycles. The Bertz CT molecular complexity index is 375. The van der Waals surface area contributed by atoms with E-state index in [1.165, 1.54) is 0 Å². The minimum absolute atomic E-state index is 0.198. The van der Waals surface area contributed by atoms with Crippen molar-refractivity contribution < 1.29 is 14.3 Å². The molecular weight excluding hydrogens is 242 g/mol. The molecule has 0 spiro atoms. The van der Waals surface area contributed by atoms with Crippen molar-refractivity contribution in [3.63, 3.8) is 0 Å². The van der Waals surface area contributed by atoms with Crippen molar-refractivity contribution in [1.29, 1.82) is 0 Å². The van der Waals surface area contributed by atoms with Crippen LogP contribution in [0.2, 0.25) is 0 Å². The lowest BCUT2D eigenvalue weighted by molar-refractivity contribution is -0.143. The molecule has 0 heterocycles. The summed E-state index contributed by atoms with van der Waals surface area (Å²) in [7, 11) is 0. The zero-order valence-electron chi connectivity index (χ0n) is 11.7. The zero-order valence-corrected chi connectivity index (χ0v) is 11.7. The number of ether oxygens (including phenoxy) is 2. The summed E-state index contributed by atoms with van der Waals surface area (Å²) in [5.74, 6) is 0.568. The summed E-state index contributed by atoms with van der Waals surface area (Å²) in [4.78, 5) is 11.3. The number of rotatable bonds is 8. The number of hydrogen-bond acceptors (Lipinski definition) is 4. The number of esters is 1. The predicted octanol–water partition coefficient (Wildman–Crippen LogP) is 2.82. The summed E-state index contributed by atoms with van der Waals surface area (Å²) < 4.78 is 10.4. The van der Waals surface area contributed by atoms with E-state index in [2.05, 4.69) is 6.92 Å². The highest BCUT2D eigenvalue weighted by Gasteiger charge is 2.12. The Morgan fingerprint density at radius 3 is 2.53 bits per heavy atom. The maximum absolute atomic E-state index is 11.3. The summed E-state index contributed by atoms with van der Waals surface area (Å²) in [5.41, 5.74) is 6.87. The topological polar surface area (TPSA) is 61.5 Å². The number of hydrogen-bond donors (Lipinski definition) is 1. The third-order valence-electron chi connectivity index (χ3n) is 2.77. The van der Waals surface area contributed by atoms with Gasteiger partial charge in [0.2, 0.25) is 0 Å². The molecule has 106 valence electrons. The van der Waals surface area contributed by atoms with E-state index in [0.29, 0.717) is 6.61 Å². The molecule has 1 aromatic carbocycles. The SMILES string of the molecule is CCCCOc1ccc([C@@H](N)CC(=O)OCC)cc1. The van der Waals surface area contributed by atoms with Crippen LogP contribution in [-0.4, -0.2) is 19.2 Å². The zero-order chi connectivity index (χ0) is 14.1. The highest BCUT2D eigenvalue weighted by molar-refractivity contribution is 5.70. The summed E-state index contributed by atoms with van der Waals surface area (Å²) in [6, 6.07) is 7.23. The van der Waals surface area contributed by atoms with E-state index in [4.69, 9.17) is 15.2 Å². The Morgan fingerprint density at radius 1 is 1.26 bits per heavy atom. The van der Waals surface area contributed by atoms with Gasteiger partial charge in [-0.05, 0) is 31.0 Å². The van der Waals surface area contributed by atoms with Gasteiger partial charge in [-0.1, -0.05) is 25.5 Å². The van der Waals surface area contributed by atoms with Gasteiger partial charge in [-0.3, -0.25) is 4.79 Å². The summed E-state index contributed by atoms with van der Waals surface area (Å²) in [5, 5.41) is 0. The van der Waals surface area contributed by atoms with Crippen molar-refractivity contribution in [3.05, 3.63) is 29.8 Å². The first-order chi connectivity index (χ1) is 9.17. The second kappa shape index (κ2) is 8.53. The second-order valence-electron chi connectivity index (χ2n) is 4.39. The maximum Gasteiger partial charge on any atom is 0.307 e. The van der Waals surface area contributed by atoms with Crippen molar-refractivity contribution in [3.8, 4) is 5.75 Å². The first-order valence-electron chi connectivity index (χ1n) is 6.81. The molecule has 1 atom stereocenters. The molecule has 0 bridgehead atoms. The molecule has 0 aliphatic heterocycles. The van der Waals surface area contributed by atoms with Crippen molar-refractivity contribution in [2.24, 2.45) is 5.73 Å². The molecular formula is C15H23NO3. The first-order valence-corrected chi connectivity index (χ1v) is 6.81. The van der Waals surface area contributed by atoms with Gasteiger partial charge in [0.15, 0.2) is 0 Å². The van der Waals surface area contributed by atoms with E-state index < -0.39 is 0 Å². The normalized spacial score (nSPS) is 11.9. The van der Waals surface area contributed by atoms with E-state index in [1.54, 1.807) is 6.92 Å². The Kier molecular flexibility index (Phi) is 6.97. The van der Waals surface area contributed by atoms with Crippen LogP contribution in [0.25, 0.3) is 0 Å². The van der Waals surface area contributed by atoms with E-state index in [0.717, 1.165) is 30.8 Å².